The summed E-state index contributed by atoms with van der Waals surface area (Å²) in [4.78, 5) is 30.9. The van der Waals surface area contributed by atoms with Crippen molar-refractivity contribution in [1.29, 1.82) is 0 Å². The lowest BCUT2D eigenvalue weighted by Crippen LogP contribution is -2.42. The number of nitrogens with zero attached hydrogens (tertiary/aromatic N) is 2. The van der Waals surface area contributed by atoms with Gasteiger partial charge in [0.05, 0.1) is 11.3 Å². The van der Waals surface area contributed by atoms with Crippen molar-refractivity contribution in [2.75, 3.05) is 32.7 Å². The fraction of sp³-hybridized carbons (Fsp3) is 0.600. The van der Waals surface area contributed by atoms with Gasteiger partial charge >= 0.3 is 0 Å². The summed E-state index contributed by atoms with van der Waals surface area (Å²) in [5.74, 6) is 0.0762. The Morgan fingerprint density at radius 3 is 2.65 bits per heavy atom. The van der Waals surface area contributed by atoms with Crippen LogP contribution in [0, 0.1) is 6.92 Å². The fourth-order valence-corrected chi connectivity index (χ4v) is 3.26. The lowest BCUT2D eigenvalue weighted by atomic mass is 10.0. The standard InChI is InChI=1S/C15H21N3O2/c1-11-13(10-19)16-12-4-7-18(15(20)14(11)12)9-8-17-5-2-3-6-17/h10,16H,2-9H2,1H3. The van der Waals surface area contributed by atoms with Gasteiger partial charge in [0.15, 0.2) is 6.29 Å². The Bertz CT molecular complexity index is 529. The number of carbonyl (C=O) groups is 2. The highest BCUT2D eigenvalue weighted by atomic mass is 16.2. The SMILES string of the molecule is Cc1c(C=O)[nH]c2c1C(=O)N(CCN1CCCC1)CC2. The fourth-order valence-electron chi connectivity index (χ4n) is 3.26. The minimum absolute atomic E-state index is 0.0762. The number of aromatic nitrogens is 1. The van der Waals surface area contributed by atoms with Crippen LogP contribution in [0.1, 0.15) is 44.9 Å². The molecule has 0 aromatic carbocycles. The molecule has 0 bridgehead atoms. The highest BCUT2D eigenvalue weighted by Gasteiger charge is 2.29. The van der Waals surface area contributed by atoms with Crippen molar-refractivity contribution in [2.45, 2.75) is 26.2 Å². The maximum absolute atomic E-state index is 12.5. The highest BCUT2D eigenvalue weighted by molar-refractivity contribution is 6.00. The summed E-state index contributed by atoms with van der Waals surface area (Å²) in [7, 11) is 0. The van der Waals surface area contributed by atoms with Crippen LogP contribution in [0.2, 0.25) is 0 Å². The average molecular weight is 275 g/mol. The maximum atomic E-state index is 12.5. The molecular weight excluding hydrogens is 254 g/mol. The van der Waals surface area contributed by atoms with E-state index in [1.165, 1.54) is 12.8 Å². The smallest absolute Gasteiger partial charge is 0.256 e. The molecule has 0 aliphatic carbocycles. The first-order chi connectivity index (χ1) is 9.70. The van der Waals surface area contributed by atoms with Gasteiger partial charge in [-0.05, 0) is 38.4 Å². The number of aldehydes is 1. The summed E-state index contributed by atoms with van der Waals surface area (Å²) in [6.07, 6.45) is 4.17. The molecule has 2 aliphatic rings. The zero-order valence-electron chi connectivity index (χ0n) is 11.9. The van der Waals surface area contributed by atoms with E-state index in [2.05, 4.69) is 9.88 Å². The molecule has 1 fully saturated rings. The molecule has 0 saturated carbocycles. The molecule has 1 aromatic heterocycles. The van der Waals surface area contributed by atoms with E-state index < -0.39 is 0 Å². The van der Waals surface area contributed by atoms with E-state index in [0.29, 0.717) is 5.69 Å². The molecule has 3 rings (SSSR count). The Balaban J connectivity index is 1.71. The molecule has 5 nitrogen and oxygen atoms in total. The van der Waals surface area contributed by atoms with E-state index >= 15 is 0 Å². The van der Waals surface area contributed by atoms with E-state index in [1.807, 2.05) is 11.8 Å². The van der Waals surface area contributed by atoms with E-state index in [0.717, 1.165) is 62.3 Å². The lowest BCUT2D eigenvalue weighted by molar-refractivity contribution is 0.0723. The number of nitrogens with one attached hydrogen (secondary N) is 1. The first kappa shape index (κ1) is 13.4. The Morgan fingerprint density at radius 2 is 1.95 bits per heavy atom. The van der Waals surface area contributed by atoms with Crippen LogP contribution in [0.25, 0.3) is 0 Å². The third-order valence-electron chi connectivity index (χ3n) is 4.50. The second-order valence-corrected chi connectivity index (χ2v) is 5.73. The normalized spacial score (nSPS) is 19.4. The molecule has 1 N–H and O–H groups in total. The van der Waals surface area contributed by atoms with Gasteiger partial charge in [-0.15, -0.1) is 0 Å². The van der Waals surface area contributed by atoms with Gasteiger partial charge in [-0.2, -0.15) is 0 Å². The third kappa shape index (κ3) is 2.26. The van der Waals surface area contributed by atoms with Crippen LogP contribution >= 0.6 is 0 Å². The van der Waals surface area contributed by atoms with Crippen molar-refractivity contribution in [1.82, 2.24) is 14.8 Å². The van der Waals surface area contributed by atoms with Crippen LogP contribution in [-0.4, -0.2) is 59.7 Å². The predicted octanol–water partition coefficient (Wildman–Crippen LogP) is 1.23. The van der Waals surface area contributed by atoms with Crippen LogP contribution in [-0.2, 0) is 6.42 Å². The molecule has 3 heterocycles. The first-order valence-electron chi connectivity index (χ1n) is 7.39. The maximum Gasteiger partial charge on any atom is 0.256 e. The summed E-state index contributed by atoms with van der Waals surface area (Å²) in [6.45, 7) is 6.67. The zero-order chi connectivity index (χ0) is 14.1. The van der Waals surface area contributed by atoms with E-state index in [1.54, 1.807) is 0 Å². The second-order valence-electron chi connectivity index (χ2n) is 5.73. The van der Waals surface area contributed by atoms with Gasteiger partial charge in [-0.25, -0.2) is 0 Å². The minimum atomic E-state index is 0.0762. The zero-order valence-corrected chi connectivity index (χ0v) is 11.9. The molecule has 108 valence electrons. The van der Waals surface area contributed by atoms with Gasteiger partial charge in [0.1, 0.15) is 0 Å². The van der Waals surface area contributed by atoms with Crippen LogP contribution in [0.15, 0.2) is 0 Å². The number of rotatable bonds is 4. The summed E-state index contributed by atoms with van der Waals surface area (Å²) >= 11 is 0. The van der Waals surface area contributed by atoms with Crippen molar-refractivity contribution in [3.63, 3.8) is 0 Å². The highest BCUT2D eigenvalue weighted by Crippen LogP contribution is 2.24. The molecule has 20 heavy (non-hydrogen) atoms. The van der Waals surface area contributed by atoms with Crippen molar-refractivity contribution < 1.29 is 9.59 Å². The van der Waals surface area contributed by atoms with Crippen LogP contribution < -0.4 is 0 Å². The van der Waals surface area contributed by atoms with Gasteiger partial charge in [-0.1, -0.05) is 0 Å². The third-order valence-corrected chi connectivity index (χ3v) is 4.50. The van der Waals surface area contributed by atoms with Crippen LogP contribution in [0.5, 0.6) is 0 Å². The number of carbonyl (C=O) groups excluding carboxylic acids is 2. The first-order valence-corrected chi connectivity index (χ1v) is 7.39. The molecule has 0 radical (unpaired) electrons. The monoisotopic (exact) mass is 275 g/mol. The number of aromatic amines is 1. The number of hydrogen-bond acceptors (Lipinski definition) is 3. The molecule has 0 spiro atoms. The Morgan fingerprint density at radius 1 is 1.20 bits per heavy atom. The Kier molecular flexibility index (Phi) is 3.61. The second kappa shape index (κ2) is 5.40. The van der Waals surface area contributed by atoms with Gasteiger partial charge in [0.2, 0.25) is 0 Å². The molecule has 0 unspecified atom stereocenters. The Hall–Kier alpha value is -1.62. The molecule has 1 aromatic rings. The minimum Gasteiger partial charge on any atom is -0.355 e. The predicted molar refractivity (Wildman–Crippen MR) is 76.2 cm³/mol. The summed E-state index contributed by atoms with van der Waals surface area (Å²) < 4.78 is 0. The number of hydrogen-bond donors (Lipinski definition) is 1. The van der Waals surface area contributed by atoms with Crippen LogP contribution in [0.3, 0.4) is 0 Å². The van der Waals surface area contributed by atoms with Crippen molar-refractivity contribution in [2.24, 2.45) is 0 Å². The van der Waals surface area contributed by atoms with E-state index in [4.69, 9.17) is 0 Å². The molecule has 1 saturated heterocycles. The molecular formula is C15H21N3O2. The number of fused-ring (bicyclic) bond motifs is 1. The summed E-state index contributed by atoms with van der Waals surface area (Å²) in [5.41, 5.74) is 2.99. The van der Waals surface area contributed by atoms with Gasteiger partial charge < -0.3 is 14.8 Å². The van der Waals surface area contributed by atoms with E-state index in [9.17, 15) is 9.59 Å². The average Bonchev–Trinajstić information content (AvgIpc) is 3.06. The van der Waals surface area contributed by atoms with Crippen molar-refractivity contribution in [3.05, 3.63) is 22.5 Å². The topological polar surface area (TPSA) is 56.4 Å². The Labute approximate surface area is 118 Å². The van der Waals surface area contributed by atoms with Crippen molar-refractivity contribution in [3.8, 4) is 0 Å². The largest absolute Gasteiger partial charge is 0.355 e. The van der Waals surface area contributed by atoms with Crippen molar-refractivity contribution >= 4 is 12.2 Å². The summed E-state index contributed by atoms with van der Waals surface area (Å²) in [6, 6.07) is 0. The van der Waals surface area contributed by atoms with Crippen LogP contribution in [0.4, 0.5) is 0 Å². The number of H-pyrrole nitrogens is 1. The molecule has 2 aliphatic heterocycles. The van der Waals surface area contributed by atoms with E-state index in [-0.39, 0.29) is 5.91 Å². The van der Waals surface area contributed by atoms with Gasteiger partial charge in [0, 0.05) is 31.7 Å². The number of amides is 1. The molecule has 1 amide bonds. The van der Waals surface area contributed by atoms with Gasteiger partial charge in [-0.3, -0.25) is 9.59 Å². The quantitative estimate of drug-likeness (QED) is 0.841. The molecule has 0 atom stereocenters. The summed E-state index contributed by atoms with van der Waals surface area (Å²) in [5, 5.41) is 0. The van der Waals surface area contributed by atoms with Gasteiger partial charge in [0.25, 0.3) is 5.91 Å². The number of likely N-dealkylation sites (tertiary alicyclic amines) is 1. The lowest BCUT2D eigenvalue weighted by Gasteiger charge is -2.29. The molecule has 5 heteroatoms.